The lowest BCUT2D eigenvalue weighted by molar-refractivity contribution is 0.251. The van der Waals surface area contributed by atoms with Crippen LogP contribution in [-0.4, -0.2) is 26.7 Å². The van der Waals surface area contributed by atoms with Crippen LogP contribution in [-0.2, 0) is 15.4 Å². The first-order valence-corrected chi connectivity index (χ1v) is 9.39. The van der Waals surface area contributed by atoms with Crippen molar-refractivity contribution in [2.45, 2.75) is 36.4 Å². The maximum Gasteiger partial charge on any atom is 0.240 e. The molecule has 114 valence electrons. The van der Waals surface area contributed by atoms with E-state index in [-0.39, 0.29) is 17.4 Å². The van der Waals surface area contributed by atoms with Crippen LogP contribution < -0.4 is 4.72 Å². The summed E-state index contributed by atoms with van der Waals surface area (Å²) < 4.78 is 27.0. The van der Waals surface area contributed by atoms with Crippen LogP contribution in [0.25, 0.3) is 0 Å². The zero-order chi connectivity index (χ0) is 15.0. The minimum atomic E-state index is -3.46. The van der Waals surface area contributed by atoms with Gasteiger partial charge in [-0.05, 0) is 36.5 Å². The normalized spacial score (nSPS) is 13.3. The van der Waals surface area contributed by atoms with Crippen LogP contribution >= 0.6 is 15.9 Å². The number of benzene rings is 1. The Morgan fingerprint density at radius 3 is 2.40 bits per heavy atom. The van der Waals surface area contributed by atoms with E-state index >= 15 is 0 Å². The molecule has 0 radical (unpaired) electrons. The van der Waals surface area contributed by atoms with Gasteiger partial charge in [-0.25, -0.2) is 13.1 Å². The Hall–Kier alpha value is -0.430. The molecule has 2 N–H and O–H groups in total. The molecule has 0 aliphatic carbocycles. The van der Waals surface area contributed by atoms with Gasteiger partial charge in [-0.2, -0.15) is 0 Å². The number of nitrogens with one attached hydrogen (secondary N) is 1. The van der Waals surface area contributed by atoms with E-state index in [0.29, 0.717) is 18.3 Å². The Morgan fingerprint density at radius 1 is 1.25 bits per heavy atom. The molecular formula is C14H22BrNO3S. The fourth-order valence-electron chi connectivity index (χ4n) is 2.01. The van der Waals surface area contributed by atoms with E-state index in [0.717, 1.165) is 18.4 Å². The molecule has 0 bridgehead atoms. The highest BCUT2D eigenvalue weighted by Gasteiger charge is 2.16. The first-order chi connectivity index (χ1) is 9.53. The smallest absolute Gasteiger partial charge is 0.240 e. The van der Waals surface area contributed by atoms with Gasteiger partial charge in [0.2, 0.25) is 10.0 Å². The lowest BCUT2D eigenvalue weighted by atomic mass is 10.0. The number of halogens is 1. The summed E-state index contributed by atoms with van der Waals surface area (Å²) in [6.45, 7) is 2.52. The first-order valence-electron chi connectivity index (χ1n) is 6.79. The lowest BCUT2D eigenvalue weighted by Gasteiger charge is -2.16. The Balaban J connectivity index is 2.68. The van der Waals surface area contributed by atoms with Gasteiger partial charge in [0, 0.05) is 18.5 Å². The van der Waals surface area contributed by atoms with E-state index in [1.165, 1.54) is 0 Å². The molecule has 0 fully saturated rings. The van der Waals surface area contributed by atoms with Crippen LogP contribution in [0.1, 0.15) is 31.7 Å². The van der Waals surface area contributed by atoms with E-state index in [1.807, 2.05) is 0 Å². The number of hydrogen-bond donors (Lipinski definition) is 2. The third-order valence-corrected chi connectivity index (χ3v) is 5.27. The summed E-state index contributed by atoms with van der Waals surface area (Å²) in [5, 5.41) is 9.69. The van der Waals surface area contributed by atoms with Crippen molar-refractivity contribution in [1.82, 2.24) is 4.72 Å². The van der Waals surface area contributed by atoms with Crippen molar-refractivity contribution in [3.8, 4) is 0 Å². The standard InChI is InChI=1S/C14H22BrNO3S/c1-2-3-13(8-9-17)11-16-20(18,19)14-6-4-12(10-15)5-7-14/h4-7,13,16-17H,2-3,8-11H2,1H3. The van der Waals surface area contributed by atoms with Crippen LogP contribution in [0.15, 0.2) is 29.2 Å². The van der Waals surface area contributed by atoms with Crippen LogP contribution in [0.5, 0.6) is 0 Å². The molecule has 0 saturated carbocycles. The summed E-state index contributed by atoms with van der Waals surface area (Å²) in [6, 6.07) is 6.81. The first kappa shape index (κ1) is 17.6. The van der Waals surface area contributed by atoms with Gasteiger partial charge in [-0.1, -0.05) is 41.4 Å². The SMILES string of the molecule is CCCC(CCO)CNS(=O)(=O)c1ccc(CBr)cc1. The second kappa shape index (κ2) is 8.77. The molecule has 0 aliphatic heterocycles. The molecule has 0 heterocycles. The van der Waals surface area contributed by atoms with Crippen molar-refractivity contribution in [2.24, 2.45) is 5.92 Å². The maximum atomic E-state index is 12.2. The predicted molar refractivity (Wildman–Crippen MR) is 84.4 cm³/mol. The minimum Gasteiger partial charge on any atom is -0.396 e. The lowest BCUT2D eigenvalue weighted by Crippen LogP contribution is -2.29. The zero-order valence-electron chi connectivity index (χ0n) is 11.7. The van der Waals surface area contributed by atoms with Gasteiger partial charge in [0.15, 0.2) is 0 Å². The molecule has 1 unspecified atom stereocenters. The van der Waals surface area contributed by atoms with E-state index in [2.05, 4.69) is 27.6 Å². The molecule has 0 spiro atoms. The van der Waals surface area contributed by atoms with Gasteiger partial charge in [-0.15, -0.1) is 0 Å². The summed E-state index contributed by atoms with van der Waals surface area (Å²) in [7, 11) is -3.46. The number of hydrogen-bond acceptors (Lipinski definition) is 3. The highest BCUT2D eigenvalue weighted by atomic mass is 79.9. The van der Waals surface area contributed by atoms with Gasteiger partial charge in [0.05, 0.1) is 4.90 Å². The largest absolute Gasteiger partial charge is 0.396 e. The summed E-state index contributed by atoms with van der Waals surface area (Å²) in [6.07, 6.45) is 2.51. The number of alkyl halides is 1. The van der Waals surface area contributed by atoms with E-state index < -0.39 is 10.0 Å². The average Bonchev–Trinajstić information content (AvgIpc) is 2.45. The molecule has 0 aromatic heterocycles. The molecule has 1 aromatic rings. The van der Waals surface area contributed by atoms with Crippen LogP contribution in [0, 0.1) is 5.92 Å². The summed E-state index contributed by atoms with van der Waals surface area (Å²) in [5.74, 6) is 0.182. The van der Waals surface area contributed by atoms with Crippen LogP contribution in [0.4, 0.5) is 0 Å². The molecular weight excluding hydrogens is 342 g/mol. The van der Waals surface area contributed by atoms with E-state index in [1.54, 1.807) is 24.3 Å². The summed E-state index contributed by atoms with van der Waals surface area (Å²) >= 11 is 3.33. The van der Waals surface area contributed by atoms with Crippen molar-refractivity contribution >= 4 is 26.0 Å². The van der Waals surface area contributed by atoms with Gasteiger partial charge in [-0.3, -0.25) is 0 Å². The number of rotatable bonds is 9. The number of sulfonamides is 1. The molecule has 1 atom stereocenters. The Bertz CT molecular complexity index is 482. The van der Waals surface area contributed by atoms with Crippen LogP contribution in [0.3, 0.4) is 0 Å². The monoisotopic (exact) mass is 363 g/mol. The molecule has 1 aromatic carbocycles. The molecule has 4 nitrogen and oxygen atoms in total. The van der Waals surface area contributed by atoms with E-state index in [9.17, 15) is 8.42 Å². The van der Waals surface area contributed by atoms with Crippen molar-refractivity contribution < 1.29 is 13.5 Å². The quantitative estimate of drug-likeness (QED) is 0.662. The van der Waals surface area contributed by atoms with Gasteiger partial charge in [0.25, 0.3) is 0 Å². The molecule has 6 heteroatoms. The second-order valence-corrected chi connectivity index (χ2v) is 7.12. The minimum absolute atomic E-state index is 0.0896. The van der Waals surface area contributed by atoms with Crippen molar-refractivity contribution in [3.05, 3.63) is 29.8 Å². The van der Waals surface area contributed by atoms with Crippen LogP contribution in [0.2, 0.25) is 0 Å². The third kappa shape index (κ3) is 5.52. The Labute approximate surface area is 129 Å². The average molecular weight is 364 g/mol. The summed E-state index contributed by atoms with van der Waals surface area (Å²) in [4.78, 5) is 0.279. The van der Waals surface area contributed by atoms with Crippen molar-refractivity contribution in [3.63, 3.8) is 0 Å². The Morgan fingerprint density at radius 2 is 1.90 bits per heavy atom. The highest BCUT2D eigenvalue weighted by molar-refractivity contribution is 9.08. The maximum absolute atomic E-state index is 12.2. The van der Waals surface area contributed by atoms with Crippen molar-refractivity contribution in [2.75, 3.05) is 13.2 Å². The predicted octanol–water partition coefficient (Wildman–Crippen LogP) is 2.66. The van der Waals surface area contributed by atoms with Crippen molar-refractivity contribution in [1.29, 1.82) is 0 Å². The molecule has 0 aliphatic rings. The second-order valence-electron chi connectivity index (χ2n) is 4.80. The van der Waals surface area contributed by atoms with E-state index in [4.69, 9.17) is 5.11 Å². The third-order valence-electron chi connectivity index (χ3n) is 3.18. The number of aliphatic hydroxyl groups is 1. The molecule has 20 heavy (non-hydrogen) atoms. The molecule has 0 saturated heterocycles. The fourth-order valence-corrected chi connectivity index (χ4v) is 3.50. The van der Waals surface area contributed by atoms with Gasteiger partial charge in [0.1, 0.15) is 0 Å². The summed E-state index contributed by atoms with van der Waals surface area (Å²) in [5.41, 5.74) is 1.04. The Kier molecular flexibility index (Phi) is 7.72. The topological polar surface area (TPSA) is 66.4 Å². The molecule has 1 rings (SSSR count). The number of aliphatic hydroxyl groups excluding tert-OH is 1. The fraction of sp³-hybridized carbons (Fsp3) is 0.571. The van der Waals surface area contributed by atoms with Gasteiger partial charge >= 0.3 is 0 Å². The van der Waals surface area contributed by atoms with Gasteiger partial charge < -0.3 is 5.11 Å². The zero-order valence-corrected chi connectivity index (χ0v) is 14.1. The highest BCUT2D eigenvalue weighted by Crippen LogP contribution is 2.14. The molecule has 0 amide bonds.